The Balaban J connectivity index is 1.97. The normalized spacial score (nSPS) is 21.3. The summed E-state index contributed by atoms with van der Waals surface area (Å²) in [5, 5.41) is 2.98. The Morgan fingerprint density at radius 3 is 2.67 bits per heavy atom. The quantitative estimate of drug-likeness (QED) is 0.891. The van der Waals surface area contributed by atoms with Crippen LogP contribution >= 0.6 is 0 Å². The number of nitrogens with zero attached hydrogens (tertiary/aromatic N) is 2. The van der Waals surface area contributed by atoms with Gasteiger partial charge in [-0.15, -0.1) is 0 Å². The lowest BCUT2D eigenvalue weighted by atomic mass is 9.98. The molecule has 0 bridgehead atoms. The fourth-order valence-electron chi connectivity index (χ4n) is 2.95. The van der Waals surface area contributed by atoms with Crippen LogP contribution in [0.3, 0.4) is 0 Å². The van der Waals surface area contributed by atoms with Crippen LogP contribution in [0.2, 0.25) is 0 Å². The summed E-state index contributed by atoms with van der Waals surface area (Å²) in [5.41, 5.74) is 0.977. The number of nitrogens with one attached hydrogen (secondary N) is 1. The van der Waals surface area contributed by atoms with Crippen LogP contribution in [-0.4, -0.2) is 40.8 Å². The van der Waals surface area contributed by atoms with Crippen LogP contribution in [0, 0.1) is 5.92 Å². The number of hydrogen-bond acceptors (Lipinski definition) is 3. The molecule has 2 rings (SSSR count). The topological polar surface area (TPSA) is 62.3 Å². The van der Waals surface area contributed by atoms with Crippen LogP contribution in [0.1, 0.15) is 32.3 Å². The number of pyridine rings is 1. The van der Waals surface area contributed by atoms with E-state index in [-0.39, 0.29) is 17.9 Å². The van der Waals surface area contributed by atoms with Crippen molar-refractivity contribution in [2.45, 2.75) is 39.2 Å². The Hall–Kier alpha value is -1.91. The van der Waals surface area contributed by atoms with E-state index in [1.54, 1.807) is 12.4 Å². The van der Waals surface area contributed by atoms with Crippen molar-refractivity contribution >= 4 is 11.8 Å². The molecule has 2 amide bonds. The van der Waals surface area contributed by atoms with Crippen molar-refractivity contribution in [3.8, 4) is 0 Å². The van der Waals surface area contributed by atoms with Gasteiger partial charge in [0.25, 0.3) is 0 Å². The van der Waals surface area contributed by atoms with Crippen molar-refractivity contribution in [2.24, 2.45) is 5.92 Å². The number of rotatable bonds is 5. The van der Waals surface area contributed by atoms with Crippen LogP contribution in [0.15, 0.2) is 24.5 Å². The summed E-state index contributed by atoms with van der Waals surface area (Å²) in [6.07, 6.45) is 5.89. The molecule has 5 heteroatoms. The summed E-state index contributed by atoms with van der Waals surface area (Å²) in [6.45, 7) is 5.02. The molecule has 1 fully saturated rings. The Bertz CT molecular complexity index is 490. The zero-order valence-electron chi connectivity index (χ0n) is 12.7. The molecule has 1 aliphatic rings. The van der Waals surface area contributed by atoms with Gasteiger partial charge in [0.2, 0.25) is 11.8 Å². The monoisotopic (exact) mass is 289 g/mol. The van der Waals surface area contributed by atoms with Gasteiger partial charge in [-0.3, -0.25) is 14.6 Å². The van der Waals surface area contributed by atoms with Gasteiger partial charge in [0.15, 0.2) is 0 Å². The van der Waals surface area contributed by atoms with Crippen molar-refractivity contribution in [2.75, 3.05) is 13.1 Å². The van der Waals surface area contributed by atoms with Gasteiger partial charge in [0.05, 0.1) is 12.5 Å². The van der Waals surface area contributed by atoms with E-state index in [4.69, 9.17) is 0 Å². The molecule has 1 aromatic rings. The first-order chi connectivity index (χ1) is 10.1. The number of carbonyl (C=O) groups excluding carboxylic acids is 2. The Kier molecular flexibility index (Phi) is 5.31. The Labute approximate surface area is 125 Å². The third-order valence-corrected chi connectivity index (χ3v) is 3.95. The van der Waals surface area contributed by atoms with Crippen LogP contribution in [0.25, 0.3) is 0 Å². The first kappa shape index (κ1) is 15.5. The summed E-state index contributed by atoms with van der Waals surface area (Å²) in [7, 11) is 0. The van der Waals surface area contributed by atoms with E-state index in [9.17, 15) is 9.59 Å². The zero-order valence-corrected chi connectivity index (χ0v) is 12.7. The van der Waals surface area contributed by atoms with Gasteiger partial charge in [0.1, 0.15) is 0 Å². The highest BCUT2D eigenvalue weighted by Crippen LogP contribution is 2.22. The third kappa shape index (κ3) is 4.28. The van der Waals surface area contributed by atoms with Gasteiger partial charge in [-0.25, -0.2) is 0 Å². The highest BCUT2D eigenvalue weighted by atomic mass is 16.2. The van der Waals surface area contributed by atoms with Gasteiger partial charge in [0, 0.05) is 32.4 Å². The highest BCUT2D eigenvalue weighted by molar-refractivity contribution is 5.79. The van der Waals surface area contributed by atoms with Gasteiger partial charge < -0.3 is 10.2 Å². The number of amides is 2. The first-order valence-electron chi connectivity index (χ1n) is 7.54. The van der Waals surface area contributed by atoms with Gasteiger partial charge in [-0.05, 0) is 30.0 Å². The molecule has 114 valence electrons. The lowest BCUT2D eigenvalue weighted by molar-refractivity contribution is -0.129. The molecular weight excluding hydrogens is 266 g/mol. The predicted octanol–water partition coefficient (Wildman–Crippen LogP) is 1.39. The molecule has 1 aliphatic heterocycles. The zero-order chi connectivity index (χ0) is 15.2. The third-order valence-electron chi connectivity index (χ3n) is 3.95. The van der Waals surface area contributed by atoms with E-state index < -0.39 is 0 Å². The van der Waals surface area contributed by atoms with Crippen molar-refractivity contribution in [1.29, 1.82) is 0 Å². The molecule has 2 heterocycles. The maximum Gasteiger partial charge on any atom is 0.227 e. The van der Waals surface area contributed by atoms with Gasteiger partial charge in [-0.2, -0.15) is 0 Å². The number of aromatic nitrogens is 1. The second kappa shape index (κ2) is 7.20. The molecule has 0 aliphatic carbocycles. The number of hydrogen-bond donors (Lipinski definition) is 1. The van der Waals surface area contributed by atoms with E-state index in [0.29, 0.717) is 18.9 Å². The maximum absolute atomic E-state index is 12.4. The van der Waals surface area contributed by atoms with E-state index in [1.165, 1.54) is 6.92 Å². The summed E-state index contributed by atoms with van der Waals surface area (Å²) in [4.78, 5) is 29.5. The number of carbonyl (C=O) groups is 2. The molecule has 1 N–H and O–H groups in total. The van der Waals surface area contributed by atoms with E-state index in [2.05, 4.69) is 17.2 Å². The molecule has 0 aromatic carbocycles. The summed E-state index contributed by atoms with van der Waals surface area (Å²) in [6, 6.07) is 3.81. The summed E-state index contributed by atoms with van der Waals surface area (Å²) in [5.74, 6) is 0.458. The maximum atomic E-state index is 12.4. The van der Waals surface area contributed by atoms with Crippen LogP contribution in [0.4, 0.5) is 0 Å². The first-order valence-corrected chi connectivity index (χ1v) is 7.54. The van der Waals surface area contributed by atoms with Crippen LogP contribution < -0.4 is 5.32 Å². The standard InChI is InChI=1S/C16H23N3O2/c1-3-4-14-10-19(11-15(14)18-12(2)20)16(21)9-13-5-7-17-8-6-13/h5-8,14-15H,3-4,9-11H2,1-2H3,(H,18,20)/t14-,15-/m1/s1. The van der Waals surface area contributed by atoms with Crippen molar-refractivity contribution in [3.63, 3.8) is 0 Å². The second-order valence-corrected chi connectivity index (χ2v) is 5.69. The van der Waals surface area contributed by atoms with E-state index in [1.807, 2.05) is 17.0 Å². The number of likely N-dealkylation sites (tertiary alicyclic amines) is 1. The molecule has 0 saturated carbocycles. The Morgan fingerprint density at radius 2 is 2.05 bits per heavy atom. The highest BCUT2D eigenvalue weighted by Gasteiger charge is 2.34. The summed E-state index contributed by atoms with van der Waals surface area (Å²) < 4.78 is 0. The SMILES string of the molecule is CCC[C@@H]1CN(C(=O)Cc2ccncc2)C[C@H]1NC(C)=O. The minimum atomic E-state index is -0.0236. The molecule has 1 saturated heterocycles. The lowest BCUT2D eigenvalue weighted by Gasteiger charge is -2.17. The smallest absolute Gasteiger partial charge is 0.227 e. The molecule has 0 spiro atoms. The van der Waals surface area contributed by atoms with Crippen molar-refractivity contribution in [3.05, 3.63) is 30.1 Å². The van der Waals surface area contributed by atoms with E-state index in [0.717, 1.165) is 24.9 Å². The fraction of sp³-hybridized carbons (Fsp3) is 0.562. The Morgan fingerprint density at radius 1 is 1.33 bits per heavy atom. The van der Waals surface area contributed by atoms with E-state index >= 15 is 0 Å². The second-order valence-electron chi connectivity index (χ2n) is 5.69. The molecular formula is C16H23N3O2. The van der Waals surface area contributed by atoms with Crippen LogP contribution in [-0.2, 0) is 16.0 Å². The van der Waals surface area contributed by atoms with Gasteiger partial charge >= 0.3 is 0 Å². The average Bonchev–Trinajstić information content (AvgIpc) is 2.83. The van der Waals surface area contributed by atoms with Crippen LogP contribution in [0.5, 0.6) is 0 Å². The molecule has 0 unspecified atom stereocenters. The van der Waals surface area contributed by atoms with Crippen molar-refractivity contribution in [1.82, 2.24) is 15.2 Å². The molecule has 0 radical (unpaired) electrons. The predicted molar refractivity (Wildman–Crippen MR) is 80.5 cm³/mol. The average molecular weight is 289 g/mol. The van der Waals surface area contributed by atoms with Gasteiger partial charge in [-0.1, -0.05) is 13.3 Å². The molecule has 2 atom stereocenters. The minimum Gasteiger partial charge on any atom is -0.351 e. The minimum absolute atomic E-state index is 0.0236. The fourth-order valence-corrected chi connectivity index (χ4v) is 2.95. The summed E-state index contributed by atoms with van der Waals surface area (Å²) >= 11 is 0. The lowest BCUT2D eigenvalue weighted by Crippen LogP contribution is -2.40. The molecule has 1 aromatic heterocycles. The molecule has 21 heavy (non-hydrogen) atoms. The van der Waals surface area contributed by atoms with Crippen molar-refractivity contribution < 1.29 is 9.59 Å². The molecule has 5 nitrogen and oxygen atoms in total. The largest absolute Gasteiger partial charge is 0.351 e.